The zero-order chi connectivity index (χ0) is 12.1. The second-order valence-electron chi connectivity index (χ2n) is 3.98. The third-order valence-electron chi connectivity index (χ3n) is 2.86. The summed E-state index contributed by atoms with van der Waals surface area (Å²) in [5, 5.41) is 3.66. The van der Waals surface area contributed by atoms with Crippen LogP contribution in [0, 0.1) is 5.92 Å². The molecule has 0 bridgehead atoms. The van der Waals surface area contributed by atoms with Crippen molar-refractivity contribution >= 4 is 29.2 Å². The molecule has 1 aromatic rings. The topological polar surface area (TPSA) is 47.0 Å². The first kappa shape index (κ1) is 12.8. The summed E-state index contributed by atoms with van der Waals surface area (Å²) in [5.41, 5.74) is 0. The molecular formula is C11H16ClN3OS. The van der Waals surface area contributed by atoms with Crippen molar-refractivity contribution in [2.24, 2.45) is 5.92 Å². The van der Waals surface area contributed by atoms with Gasteiger partial charge in [-0.3, -0.25) is 0 Å². The Morgan fingerprint density at radius 1 is 1.47 bits per heavy atom. The summed E-state index contributed by atoms with van der Waals surface area (Å²) in [5.74, 6) is 4.45. The molecule has 1 aromatic heterocycles. The molecule has 1 N–H and O–H groups in total. The maximum absolute atomic E-state index is 5.93. The van der Waals surface area contributed by atoms with E-state index in [2.05, 4.69) is 15.3 Å². The Hall–Kier alpha value is -0.680. The monoisotopic (exact) mass is 273 g/mol. The van der Waals surface area contributed by atoms with Crippen molar-refractivity contribution in [2.45, 2.75) is 12.8 Å². The van der Waals surface area contributed by atoms with Gasteiger partial charge in [0.25, 0.3) is 0 Å². The fraction of sp³-hybridized carbons (Fsp3) is 0.636. The highest BCUT2D eigenvalue weighted by Gasteiger charge is 2.15. The number of nitrogens with one attached hydrogen (secondary N) is 1. The number of hydrogen-bond donors (Lipinski definition) is 1. The summed E-state index contributed by atoms with van der Waals surface area (Å²) < 4.78 is 5.19. The molecule has 17 heavy (non-hydrogen) atoms. The number of hydrogen-bond acceptors (Lipinski definition) is 5. The number of ether oxygens (including phenoxy) is 1. The summed E-state index contributed by atoms with van der Waals surface area (Å²) in [7, 11) is 1.58. The van der Waals surface area contributed by atoms with Crippen LogP contribution in [0.2, 0.25) is 5.15 Å². The van der Waals surface area contributed by atoms with E-state index in [0.717, 1.165) is 12.5 Å². The number of rotatable bonds is 4. The van der Waals surface area contributed by atoms with Crippen LogP contribution in [0.25, 0.3) is 0 Å². The quantitative estimate of drug-likeness (QED) is 0.855. The highest BCUT2D eigenvalue weighted by Crippen LogP contribution is 2.29. The van der Waals surface area contributed by atoms with Crippen molar-refractivity contribution in [1.82, 2.24) is 9.97 Å². The molecule has 4 nitrogen and oxygen atoms in total. The predicted molar refractivity (Wildman–Crippen MR) is 72.1 cm³/mol. The zero-order valence-electron chi connectivity index (χ0n) is 9.78. The zero-order valence-corrected chi connectivity index (χ0v) is 11.4. The molecule has 2 heterocycles. The standard InChI is InChI=1S/C11H16ClN3OS/c1-16-9-10(12)14-7-15-11(9)13-6-8-2-4-17-5-3-8/h7-8H,2-6H2,1H3,(H,13,14,15). The Balaban J connectivity index is 1.95. The molecule has 1 fully saturated rings. The molecule has 94 valence electrons. The minimum absolute atomic E-state index is 0.351. The molecular weight excluding hydrogens is 258 g/mol. The molecule has 0 unspecified atom stereocenters. The smallest absolute Gasteiger partial charge is 0.198 e. The Bertz CT molecular complexity index is 372. The lowest BCUT2D eigenvalue weighted by molar-refractivity contribution is 0.412. The second kappa shape index (κ2) is 6.31. The van der Waals surface area contributed by atoms with Crippen molar-refractivity contribution in [3.63, 3.8) is 0 Å². The van der Waals surface area contributed by atoms with Gasteiger partial charge in [0.05, 0.1) is 7.11 Å². The molecule has 0 aromatic carbocycles. The van der Waals surface area contributed by atoms with Crippen molar-refractivity contribution in [1.29, 1.82) is 0 Å². The normalized spacial score (nSPS) is 16.8. The summed E-state index contributed by atoms with van der Waals surface area (Å²) in [6, 6.07) is 0. The molecule has 1 saturated heterocycles. The predicted octanol–water partition coefficient (Wildman–Crippen LogP) is 2.69. The highest BCUT2D eigenvalue weighted by molar-refractivity contribution is 7.99. The summed E-state index contributed by atoms with van der Waals surface area (Å²) in [6.45, 7) is 0.921. The van der Waals surface area contributed by atoms with E-state index >= 15 is 0 Å². The van der Waals surface area contributed by atoms with E-state index < -0.39 is 0 Å². The Morgan fingerprint density at radius 3 is 2.94 bits per heavy atom. The second-order valence-corrected chi connectivity index (χ2v) is 5.57. The van der Waals surface area contributed by atoms with Crippen LogP contribution in [-0.4, -0.2) is 35.1 Å². The first-order chi connectivity index (χ1) is 8.31. The van der Waals surface area contributed by atoms with Gasteiger partial charge in [-0.1, -0.05) is 11.6 Å². The average Bonchev–Trinajstić information content (AvgIpc) is 2.37. The van der Waals surface area contributed by atoms with Crippen LogP contribution in [0.5, 0.6) is 5.75 Å². The number of nitrogens with zero attached hydrogens (tertiary/aromatic N) is 2. The van der Waals surface area contributed by atoms with Crippen LogP contribution < -0.4 is 10.1 Å². The van der Waals surface area contributed by atoms with E-state index in [4.69, 9.17) is 16.3 Å². The first-order valence-electron chi connectivity index (χ1n) is 5.67. The molecule has 0 spiro atoms. The van der Waals surface area contributed by atoms with Gasteiger partial charge in [-0.25, -0.2) is 9.97 Å². The minimum Gasteiger partial charge on any atom is -0.490 e. The lowest BCUT2D eigenvalue weighted by Crippen LogP contribution is -2.20. The first-order valence-corrected chi connectivity index (χ1v) is 7.20. The van der Waals surface area contributed by atoms with Gasteiger partial charge in [0.1, 0.15) is 6.33 Å². The van der Waals surface area contributed by atoms with Gasteiger partial charge in [0.2, 0.25) is 0 Å². The van der Waals surface area contributed by atoms with E-state index in [0.29, 0.717) is 16.7 Å². The van der Waals surface area contributed by atoms with Crippen molar-refractivity contribution in [2.75, 3.05) is 30.5 Å². The Morgan fingerprint density at radius 2 is 2.24 bits per heavy atom. The van der Waals surface area contributed by atoms with E-state index in [-0.39, 0.29) is 0 Å². The van der Waals surface area contributed by atoms with Crippen LogP contribution in [0.3, 0.4) is 0 Å². The fourth-order valence-corrected chi connectivity index (χ4v) is 3.27. The number of anilines is 1. The fourth-order valence-electron chi connectivity index (χ4n) is 1.85. The molecule has 0 saturated carbocycles. The van der Waals surface area contributed by atoms with Crippen LogP contribution in [0.1, 0.15) is 12.8 Å². The summed E-state index contributed by atoms with van der Waals surface area (Å²) in [4.78, 5) is 8.05. The van der Waals surface area contributed by atoms with Crippen LogP contribution in [-0.2, 0) is 0 Å². The SMILES string of the molecule is COc1c(Cl)ncnc1NCC1CCSCC1. The molecule has 0 radical (unpaired) electrons. The lowest BCUT2D eigenvalue weighted by atomic mass is 10.0. The van der Waals surface area contributed by atoms with Gasteiger partial charge < -0.3 is 10.1 Å². The molecule has 0 amide bonds. The third-order valence-corrected chi connectivity index (χ3v) is 4.18. The molecule has 0 atom stereocenters. The summed E-state index contributed by atoms with van der Waals surface area (Å²) in [6.07, 6.45) is 3.97. The van der Waals surface area contributed by atoms with Gasteiger partial charge in [0, 0.05) is 6.54 Å². The van der Waals surface area contributed by atoms with Gasteiger partial charge in [-0.05, 0) is 30.3 Å². The maximum atomic E-state index is 5.93. The Kier molecular flexibility index (Phi) is 4.74. The van der Waals surface area contributed by atoms with Crippen molar-refractivity contribution in [3.8, 4) is 5.75 Å². The number of halogens is 1. The van der Waals surface area contributed by atoms with E-state index in [1.165, 1.54) is 30.7 Å². The number of thioether (sulfide) groups is 1. The number of aromatic nitrogens is 2. The molecule has 1 aliphatic rings. The minimum atomic E-state index is 0.351. The van der Waals surface area contributed by atoms with Crippen LogP contribution >= 0.6 is 23.4 Å². The maximum Gasteiger partial charge on any atom is 0.198 e. The Labute approximate surface area is 111 Å². The van der Waals surface area contributed by atoms with E-state index in [9.17, 15) is 0 Å². The van der Waals surface area contributed by atoms with E-state index in [1.807, 2.05) is 11.8 Å². The van der Waals surface area contributed by atoms with Crippen molar-refractivity contribution < 1.29 is 4.74 Å². The van der Waals surface area contributed by atoms with Crippen molar-refractivity contribution in [3.05, 3.63) is 11.5 Å². The average molecular weight is 274 g/mol. The molecule has 1 aliphatic heterocycles. The van der Waals surface area contributed by atoms with Gasteiger partial charge >= 0.3 is 0 Å². The van der Waals surface area contributed by atoms with Crippen LogP contribution in [0.15, 0.2) is 6.33 Å². The van der Waals surface area contributed by atoms with Gasteiger partial charge in [-0.2, -0.15) is 11.8 Å². The summed E-state index contributed by atoms with van der Waals surface area (Å²) >= 11 is 7.96. The molecule has 2 rings (SSSR count). The van der Waals surface area contributed by atoms with Gasteiger partial charge in [0.15, 0.2) is 16.7 Å². The van der Waals surface area contributed by atoms with E-state index in [1.54, 1.807) is 7.11 Å². The van der Waals surface area contributed by atoms with Gasteiger partial charge in [-0.15, -0.1) is 0 Å². The lowest BCUT2D eigenvalue weighted by Gasteiger charge is -2.22. The third kappa shape index (κ3) is 3.39. The largest absolute Gasteiger partial charge is 0.490 e. The van der Waals surface area contributed by atoms with Crippen LogP contribution in [0.4, 0.5) is 5.82 Å². The highest BCUT2D eigenvalue weighted by atomic mass is 35.5. The molecule has 6 heteroatoms. The number of methoxy groups -OCH3 is 1. The molecule has 0 aliphatic carbocycles.